The van der Waals surface area contributed by atoms with Crippen molar-refractivity contribution < 1.29 is 14.3 Å². The SMILES string of the molecule is CCOc1ccccc1NC(=O)CSc1nnc(C2CC2)n1CC(N)=O. The second-order valence-electron chi connectivity index (χ2n) is 5.93. The Bertz CT molecular complexity index is 803. The van der Waals surface area contributed by atoms with Crippen LogP contribution in [-0.2, 0) is 16.1 Å². The van der Waals surface area contributed by atoms with E-state index in [1.54, 1.807) is 16.7 Å². The van der Waals surface area contributed by atoms with E-state index in [4.69, 9.17) is 10.5 Å². The van der Waals surface area contributed by atoms with Crippen molar-refractivity contribution in [1.29, 1.82) is 0 Å². The van der Waals surface area contributed by atoms with Crippen LogP contribution in [0.4, 0.5) is 5.69 Å². The van der Waals surface area contributed by atoms with Gasteiger partial charge in [-0.15, -0.1) is 10.2 Å². The summed E-state index contributed by atoms with van der Waals surface area (Å²) in [5, 5.41) is 11.6. The summed E-state index contributed by atoms with van der Waals surface area (Å²) in [5.41, 5.74) is 5.95. The molecule has 2 aromatic rings. The average Bonchev–Trinajstić information content (AvgIpc) is 3.37. The van der Waals surface area contributed by atoms with Crippen molar-refractivity contribution in [2.45, 2.75) is 37.4 Å². The fourth-order valence-corrected chi connectivity index (χ4v) is 3.27. The Morgan fingerprint density at radius 3 is 2.81 bits per heavy atom. The number of amides is 2. The molecule has 138 valence electrons. The number of ether oxygens (including phenoxy) is 1. The average molecular weight is 375 g/mol. The molecule has 8 nitrogen and oxygen atoms in total. The van der Waals surface area contributed by atoms with Gasteiger partial charge in [0, 0.05) is 5.92 Å². The second kappa shape index (κ2) is 8.22. The van der Waals surface area contributed by atoms with Crippen molar-refractivity contribution in [1.82, 2.24) is 14.8 Å². The molecule has 0 saturated heterocycles. The van der Waals surface area contributed by atoms with Crippen LogP contribution in [0.2, 0.25) is 0 Å². The number of para-hydroxylation sites is 2. The molecule has 0 radical (unpaired) electrons. The molecule has 1 aliphatic carbocycles. The third kappa shape index (κ3) is 4.54. The summed E-state index contributed by atoms with van der Waals surface area (Å²) in [7, 11) is 0. The molecule has 0 atom stereocenters. The molecule has 1 aromatic heterocycles. The Kier molecular flexibility index (Phi) is 5.77. The lowest BCUT2D eigenvalue weighted by molar-refractivity contribution is -0.118. The van der Waals surface area contributed by atoms with Gasteiger partial charge in [-0.1, -0.05) is 23.9 Å². The molecule has 26 heavy (non-hydrogen) atoms. The number of carbonyl (C=O) groups excluding carboxylic acids is 2. The van der Waals surface area contributed by atoms with Crippen molar-refractivity contribution in [3.05, 3.63) is 30.1 Å². The first-order valence-electron chi connectivity index (χ1n) is 8.44. The number of benzene rings is 1. The minimum atomic E-state index is -0.455. The molecule has 1 heterocycles. The van der Waals surface area contributed by atoms with E-state index in [1.807, 2.05) is 19.1 Å². The molecule has 0 unspecified atom stereocenters. The predicted octanol–water partition coefficient (Wildman–Crippen LogP) is 1.77. The van der Waals surface area contributed by atoms with Crippen molar-refractivity contribution in [3.63, 3.8) is 0 Å². The fraction of sp³-hybridized carbons (Fsp3) is 0.412. The van der Waals surface area contributed by atoms with E-state index in [0.29, 0.717) is 29.1 Å². The van der Waals surface area contributed by atoms with Gasteiger partial charge in [0.15, 0.2) is 5.16 Å². The van der Waals surface area contributed by atoms with E-state index in [0.717, 1.165) is 18.7 Å². The zero-order valence-corrected chi connectivity index (χ0v) is 15.3. The number of thioether (sulfide) groups is 1. The van der Waals surface area contributed by atoms with Crippen LogP contribution in [-0.4, -0.2) is 38.9 Å². The third-order valence-electron chi connectivity index (χ3n) is 3.80. The lowest BCUT2D eigenvalue weighted by atomic mass is 10.3. The molecular weight excluding hydrogens is 354 g/mol. The number of nitrogens with zero attached hydrogens (tertiary/aromatic N) is 3. The number of rotatable bonds is 9. The lowest BCUT2D eigenvalue weighted by Gasteiger charge is -2.11. The van der Waals surface area contributed by atoms with Crippen LogP contribution in [0, 0.1) is 0 Å². The molecule has 3 N–H and O–H groups in total. The molecule has 0 bridgehead atoms. The summed E-state index contributed by atoms with van der Waals surface area (Å²) in [6.07, 6.45) is 2.08. The quantitative estimate of drug-likeness (QED) is 0.646. The van der Waals surface area contributed by atoms with Gasteiger partial charge < -0.3 is 15.8 Å². The van der Waals surface area contributed by atoms with Crippen LogP contribution in [0.3, 0.4) is 0 Å². The van der Waals surface area contributed by atoms with E-state index in [9.17, 15) is 9.59 Å². The maximum Gasteiger partial charge on any atom is 0.237 e. The van der Waals surface area contributed by atoms with E-state index in [-0.39, 0.29) is 18.2 Å². The number of nitrogens with one attached hydrogen (secondary N) is 1. The van der Waals surface area contributed by atoms with E-state index < -0.39 is 5.91 Å². The summed E-state index contributed by atoms with van der Waals surface area (Å²) in [4.78, 5) is 23.6. The molecule has 1 saturated carbocycles. The topological polar surface area (TPSA) is 112 Å². The number of hydrogen-bond donors (Lipinski definition) is 2. The van der Waals surface area contributed by atoms with Gasteiger partial charge in [0.25, 0.3) is 0 Å². The van der Waals surface area contributed by atoms with Gasteiger partial charge in [0.1, 0.15) is 18.1 Å². The summed E-state index contributed by atoms with van der Waals surface area (Å²) < 4.78 is 7.22. The summed E-state index contributed by atoms with van der Waals surface area (Å²) >= 11 is 1.23. The monoisotopic (exact) mass is 375 g/mol. The first-order chi connectivity index (χ1) is 12.6. The molecule has 1 aromatic carbocycles. The van der Waals surface area contributed by atoms with E-state index in [1.165, 1.54) is 11.8 Å². The molecular formula is C17H21N5O3S. The minimum Gasteiger partial charge on any atom is -0.492 e. The molecule has 3 rings (SSSR count). The highest BCUT2D eigenvalue weighted by Crippen LogP contribution is 2.40. The Balaban J connectivity index is 1.64. The maximum atomic E-state index is 12.3. The Morgan fingerprint density at radius 1 is 1.35 bits per heavy atom. The van der Waals surface area contributed by atoms with Crippen molar-refractivity contribution in [3.8, 4) is 5.75 Å². The predicted molar refractivity (Wildman–Crippen MR) is 98.2 cm³/mol. The smallest absolute Gasteiger partial charge is 0.237 e. The Hall–Kier alpha value is -2.55. The number of aromatic nitrogens is 3. The molecule has 9 heteroatoms. The van der Waals surface area contributed by atoms with Gasteiger partial charge >= 0.3 is 0 Å². The molecule has 0 spiro atoms. The van der Waals surface area contributed by atoms with Gasteiger partial charge in [-0.3, -0.25) is 14.2 Å². The largest absolute Gasteiger partial charge is 0.492 e. The number of primary amides is 1. The highest BCUT2D eigenvalue weighted by molar-refractivity contribution is 7.99. The first kappa shape index (κ1) is 18.2. The van der Waals surface area contributed by atoms with Crippen molar-refractivity contribution >= 4 is 29.3 Å². The number of carbonyl (C=O) groups is 2. The summed E-state index contributed by atoms with van der Waals surface area (Å²) in [6.45, 7) is 2.43. The molecule has 1 aliphatic rings. The zero-order chi connectivity index (χ0) is 18.5. The maximum absolute atomic E-state index is 12.3. The Labute approximate surface area is 155 Å². The first-order valence-corrected chi connectivity index (χ1v) is 9.43. The fourth-order valence-electron chi connectivity index (χ4n) is 2.52. The number of hydrogen-bond acceptors (Lipinski definition) is 6. The Morgan fingerprint density at radius 2 is 2.12 bits per heavy atom. The highest BCUT2D eigenvalue weighted by atomic mass is 32.2. The van der Waals surface area contributed by atoms with Crippen LogP contribution < -0.4 is 15.8 Å². The minimum absolute atomic E-state index is 0.0238. The standard InChI is InChI=1S/C17H21N5O3S/c1-2-25-13-6-4-3-5-12(13)19-15(24)10-26-17-21-20-16(11-7-8-11)22(17)9-14(18)23/h3-6,11H,2,7-10H2,1H3,(H2,18,23)(H,19,24). The molecule has 0 aliphatic heterocycles. The van der Waals surface area contributed by atoms with Crippen molar-refractivity contribution in [2.24, 2.45) is 5.73 Å². The van der Waals surface area contributed by atoms with Crippen LogP contribution in [0.15, 0.2) is 29.4 Å². The number of nitrogens with two attached hydrogens (primary N) is 1. The van der Waals surface area contributed by atoms with Crippen LogP contribution in [0.5, 0.6) is 5.75 Å². The summed E-state index contributed by atoms with van der Waals surface area (Å²) in [6, 6.07) is 7.27. The van der Waals surface area contributed by atoms with Crippen LogP contribution in [0.25, 0.3) is 0 Å². The highest BCUT2D eigenvalue weighted by Gasteiger charge is 2.31. The zero-order valence-electron chi connectivity index (χ0n) is 14.5. The second-order valence-corrected chi connectivity index (χ2v) is 6.88. The summed E-state index contributed by atoms with van der Waals surface area (Å²) in [5.74, 6) is 1.23. The molecule has 1 fully saturated rings. The van der Waals surface area contributed by atoms with E-state index in [2.05, 4.69) is 15.5 Å². The van der Waals surface area contributed by atoms with Crippen LogP contribution >= 0.6 is 11.8 Å². The lowest BCUT2D eigenvalue weighted by Crippen LogP contribution is -2.21. The van der Waals surface area contributed by atoms with E-state index >= 15 is 0 Å². The van der Waals surface area contributed by atoms with Gasteiger partial charge in [0.2, 0.25) is 11.8 Å². The number of anilines is 1. The van der Waals surface area contributed by atoms with Crippen LogP contribution in [0.1, 0.15) is 31.5 Å². The van der Waals surface area contributed by atoms with Crippen molar-refractivity contribution in [2.75, 3.05) is 17.7 Å². The molecule has 2 amide bonds. The third-order valence-corrected chi connectivity index (χ3v) is 4.76. The van der Waals surface area contributed by atoms with Gasteiger partial charge in [-0.2, -0.15) is 0 Å². The van der Waals surface area contributed by atoms with Gasteiger partial charge in [-0.05, 0) is 31.9 Å². The van der Waals surface area contributed by atoms with Gasteiger partial charge in [-0.25, -0.2) is 0 Å². The van der Waals surface area contributed by atoms with Gasteiger partial charge in [0.05, 0.1) is 18.0 Å². The normalized spacial score (nSPS) is 13.4.